The molecular weight excluding hydrogens is 292 g/mol. The minimum Gasteiger partial charge on any atom is -0.377 e. The van der Waals surface area contributed by atoms with Crippen molar-refractivity contribution in [1.29, 1.82) is 0 Å². The van der Waals surface area contributed by atoms with Crippen LogP contribution in [0.15, 0.2) is 22.9 Å². The van der Waals surface area contributed by atoms with E-state index >= 15 is 0 Å². The summed E-state index contributed by atoms with van der Waals surface area (Å²) in [5, 5.41) is 3.37. The molecule has 0 aliphatic heterocycles. The third kappa shape index (κ3) is 5.04. The highest BCUT2D eigenvalue weighted by Crippen LogP contribution is 2.15. The number of pyridine rings is 1. The highest BCUT2D eigenvalue weighted by atomic mass is 79.9. The molecule has 0 saturated carbocycles. The fraction of sp³-hybridized carbons (Fsp3) is 0.643. The molecule has 0 spiro atoms. The number of aromatic nitrogens is 1. The smallest absolute Gasteiger partial charge is 0.0730 e. The van der Waals surface area contributed by atoms with Crippen molar-refractivity contribution in [3.63, 3.8) is 0 Å². The number of rotatable bonds is 8. The maximum Gasteiger partial charge on any atom is 0.0730 e. The molecule has 4 heteroatoms. The molecule has 0 aliphatic rings. The molecule has 0 bridgehead atoms. The van der Waals surface area contributed by atoms with E-state index in [0.717, 1.165) is 30.3 Å². The molecule has 1 aromatic rings. The van der Waals surface area contributed by atoms with Crippen LogP contribution in [0.4, 0.5) is 0 Å². The van der Waals surface area contributed by atoms with Gasteiger partial charge in [0.25, 0.3) is 0 Å². The Kier molecular flexibility index (Phi) is 7.47. The van der Waals surface area contributed by atoms with Crippen LogP contribution >= 0.6 is 15.9 Å². The Hall–Kier alpha value is -0.450. The average molecular weight is 315 g/mol. The number of hydrogen-bond acceptors (Lipinski definition) is 3. The van der Waals surface area contributed by atoms with E-state index in [1.807, 2.05) is 19.4 Å². The summed E-state index contributed by atoms with van der Waals surface area (Å²) in [6.07, 6.45) is 7.16. The summed E-state index contributed by atoms with van der Waals surface area (Å²) >= 11 is 3.46. The molecule has 2 unspecified atom stereocenters. The number of halogens is 1. The summed E-state index contributed by atoms with van der Waals surface area (Å²) in [5.41, 5.74) is 1.23. The van der Waals surface area contributed by atoms with Gasteiger partial charge in [0.15, 0.2) is 0 Å². The Morgan fingerprint density at radius 1 is 1.39 bits per heavy atom. The van der Waals surface area contributed by atoms with E-state index in [1.54, 1.807) is 0 Å². The summed E-state index contributed by atoms with van der Waals surface area (Å²) in [4.78, 5) is 4.21. The van der Waals surface area contributed by atoms with Crippen LogP contribution in [0.3, 0.4) is 0 Å². The molecule has 1 rings (SSSR count). The van der Waals surface area contributed by atoms with Gasteiger partial charge in [-0.05, 0) is 54.4 Å². The summed E-state index contributed by atoms with van der Waals surface area (Å²) in [6, 6.07) is 2.45. The van der Waals surface area contributed by atoms with Gasteiger partial charge in [-0.2, -0.15) is 0 Å². The Morgan fingerprint density at radius 2 is 2.17 bits per heavy atom. The molecule has 102 valence electrons. The average Bonchev–Trinajstić information content (AvgIpc) is 2.36. The van der Waals surface area contributed by atoms with Crippen LogP contribution in [0.1, 0.15) is 32.3 Å². The molecular formula is C14H23BrN2O. The fourth-order valence-corrected chi connectivity index (χ4v) is 2.55. The first-order valence-corrected chi connectivity index (χ1v) is 7.38. The van der Waals surface area contributed by atoms with Crippen LogP contribution in [0.5, 0.6) is 0 Å². The zero-order valence-electron chi connectivity index (χ0n) is 11.4. The van der Waals surface area contributed by atoms with E-state index in [4.69, 9.17) is 4.74 Å². The predicted octanol–water partition coefficient (Wildman–Crippen LogP) is 3.18. The van der Waals surface area contributed by atoms with Gasteiger partial charge in [-0.15, -0.1) is 0 Å². The van der Waals surface area contributed by atoms with Crippen molar-refractivity contribution in [2.75, 3.05) is 13.7 Å². The van der Waals surface area contributed by atoms with Crippen LogP contribution in [-0.2, 0) is 11.2 Å². The molecule has 0 saturated heterocycles. The number of likely N-dealkylation sites (N-methyl/N-ethyl adjacent to an activating group) is 1. The first kappa shape index (κ1) is 15.6. The van der Waals surface area contributed by atoms with E-state index < -0.39 is 0 Å². The lowest BCUT2D eigenvalue weighted by Crippen LogP contribution is -2.41. The largest absolute Gasteiger partial charge is 0.377 e. The molecule has 1 N–H and O–H groups in total. The zero-order valence-corrected chi connectivity index (χ0v) is 13.0. The summed E-state index contributed by atoms with van der Waals surface area (Å²) in [6.45, 7) is 5.01. The van der Waals surface area contributed by atoms with Gasteiger partial charge in [0.2, 0.25) is 0 Å². The van der Waals surface area contributed by atoms with Crippen LogP contribution < -0.4 is 5.32 Å². The monoisotopic (exact) mass is 314 g/mol. The fourth-order valence-electron chi connectivity index (χ4n) is 2.14. The molecule has 18 heavy (non-hydrogen) atoms. The first-order valence-electron chi connectivity index (χ1n) is 6.59. The van der Waals surface area contributed by atoms with Crippen LogP contribution in [0.2, 0.25) is 0 Å². The molecule has 0 radical (unpaired) electrons. The van der Waals surface area contributed by atoms with Gasteiger partial charge in [-0.3, -0.25) is 4.98 Å². The second kappa shape index (κ2) is 8.62. The highest BCUT2D eigenvalue weighted by Gasteiger charge is 2.20. The Morgan fingerprint density at radius 3 is 2.72 bits per heavy atom. The molecule has 0 fully saturated rings. The lowest BCUT2D eigenvalue weighted by atomic mass is 9.99. The van der Waals surface area contributed by atoms with E-state index in [9.17, 15) is 0 Å². The number of nitrogens with zero attached hydrogens (tertiary/aromatic N) is 1. The number of nitrogens with one attached hydrogen (secondary N) is 1. The quantitative estimate of drug-likeness (QED) is 0.800. The number of ether oxygens (including phenoxy) is 1. The first-order chi connectivity index (χ1) is 8.71. The lowest BCUT2D eigenvalue weighted by Gasteiger charge is -2.26. The minimum absolute atomic E-state index is 0.268. The van der Waals surface area contributed by atoms with E-state index in [-0.39, 0.29) is 6.10 Å². The Labute approximate surface area is 118 Å². The molecule has 1 heterocycles. The normalized spacial score (nSPS) is 14.4. The van der Waals surface area contributed by atoms with Crippen LogP contribution in [0, 0.1) is 0 Å². The van der Waals surface area contributed by atoms with E-state index in [0.29, 0.717) is 6.04 Å². The Balaban J connectivity index is 2.69. The molecule has 2 atom stereocenters. The zero-order chi connectivity index (χ0) is 13.4. The topological polar surface area (TPSA) is 34.1 Å². The standard InChI is InChI=1S/C14H23BrN2O/c1-4-6-14(18-5-2)13(16-3)8-11-7-12(15)10-17-9-11/h7,9-10,13-14,16H,4-6,8H2,1-3H3. The van der Waals surface area contributed by atoms with Crippen molar-refractivity contribution in [2.24, 2.45) is 0 Å². The molecule has 0 aliphatic carbocycles. The van der Waals surface area contributed by atoms with Gasteiger partial charge in [0.1, 0.15) is 0 Å². The van der Waals surface area contributed by atoms with Gasteiger partial charge >= 0.3 is 0 Å². The maximum absolute atomic E-state index is 5.84. The number of hydrogen-bond donors (Lipinski definition) is 1. The van der Waals surface area contributed by atoms with Crippen molar-refractivity contribution in [1.82, 2.24) is 10.3 Å². The third-order valence-electron chi connectivity index (χ3n) is 2.99. The summed E-state index contributed by atoms with van der Waals surface area (Å²) < 4.78 is 6.87. The maximum atomic E-state index is 5.84. The highest BCUT2D eigenvalue weighted by molar-refractivity contribution is 9.10. The second-order valence-electron chi connectivity index (χ2n) is 4.39. The third-order valence-corrected chi connectivity index (χ3v) is 3.42. The van der Waals surface area contributed by atoms with Crippen molar-refractivity contribution in [2.45, 2.75) is 45.3 Å². The molecule has 3 nitrogen and oxygen atoms in total. The SMILES string of the molecule is CCCC(OCC)C(Cc1cncc(Br)c1)NC. The predicted molar refractivity (Wildman–Crippen MR) is 78.8 cm³/mol. The summed E-state index contributed by atoms with van der Waals surface area (Å²) in [7, 11) is 2.00. The van der Waals surface area contributed by atoms with Crippen LogP contribution in [0.25, 0.3) is 0 Å². The van der Waals surface area contributed by atoms with E-state index in [2.05, 4.69) is 46.1 Å². The van der Waals surface area contributed by atoms with Crippen molar-refractivity contribution in [3.05, 3.63) is 28.5 Å². The summed E-state index contributed by atoms with van der Waals surface area (Å²) in [5.74, 6) is 0. The van der Waals surface area contributed by atoms with Gasteiger partial charge in [0, 0.05) is 29.5 Å². The second-order valence-corrected chi connectivity index (χ2v) is 5.31. The van der Waals surface area contributed by atoms with Gasteiger partial charge in [-0.25, -0.2) is 0 Å². The van der Waals surface area contributed by atoms with Crippen molar-refractivity contribution >= 4 is 15.9 Å². The molecule has 1 aromatic heterocycles. The minimum atomic E-state index is 0.268. The Bertz CT molecular complexity index is 340. The van der Waals surface area contributed by atoms with Gasteiger partial charge < -0.3 is 10.1 Å². The van der Waals surface area contributed by atoms with Gasteiger partial charge in [0.05, 0.1) is 6.10 Å². The molecule has 0 aromatic carbocycles. The molecule has 0 amide bonds. The van der Waals surface area contributed by atoms with Crippen molar-refractivity contribution in [3.8, 4) is 0 Å². The lowest BCUT2D eigenvalue weighted by molar-refractivity contribution is 0.0300. The van der Waals surface area contributed by atoms with Crippen LogP contribution in [-0.4, -0.2) is 30.8 Å². The van der Waals surface area contributed by atoms with Crippen molar-refractivity contribution < 1.29 is 4.74 Å². The van der Waals surface area contributed by atoms with E-state index in [1.165, 1.54) is 5.56 Å². The van der Waals surface area contributed by atoms with Gasteiger partial charge in [-0.1, -0.05) is 13.3 Å².